The fourth-order valence-electron chi connectivity index (χ4n) is 17.6. The summed E-state index contributed by atoms with van der Waals surface area (Å²) in [5.74, 6) is 0. The van der Waals surface area contributed by atoms with Gasteiger partial charge in [-0.3, -0.25) is 29.7 Å². The van der Waals surface area contributed by atoms with Gasteiger partial charge in [-0.1, -0.05) is 82.7 Å². The molecule has 119 heavy (non-hydrogen) atoms. The number of hydrogen-bond acceptors (Lipinski definition) is 19. The highest BCUT2D eigenvalue weighted by Crippen LogP contribution is 2.50. The fraction of sp³-hybridized carbons (Fsp3) is 0.427. The first-order chi connectivity index (χ1) is 57.7. The first kappa shape index (κ1) is 83.8. The molecule has 6 aromatic heterocycles. The van der Waals surface area contributed by atoms with Crippen molar-refractivity contribution in [3.05, 3.63) is 257 Å². The summed E-state index contributed by atoms with van der Waals surface area (Å²) in [6.07, 6.45) is 28.1. The van der Waals surface area contributed by atoms with Gasteiger partial charge in [-0.2, -0.15) is 0 Å². The molecule has 0 bridgehead atoms. The Morgan fingerprint density at radius 2 is 0.849 bits per heavy atom. The van der Waals surface area contributed by atoms with Gasteiger partial charge in [0.05, 0.1) is 96.9 Å². The van der Waals surface area contributed by atoms with E-state index in [1.807, 2.05) is 163 Å². The lowest BCUT2D eigenvalue weighted by molar-refractivity contribution is -0.0155. The molecule has 27 nitrogen and oxygen atoms in total. The maximum Gasteiger partial charge on any atom is 0.410 e. The minimum absolute atomic E-state index is 0.0616. The predicted molar refractivity (Wildman–Crippen MR) is 457 cm³/mol. The number of carbonyl (C=O) groups excluding carboxylic acids is 3. The van der Waals surface area contributed by atoms with E-state index in [1.54, 1.807) is 50.5 Å². The largest absolute Gasteiger partial charge is 0.446 e. The van der Waals surface area contributed by atoms with Gasteiger partial charge >= 0.3 is 18.3 Å². The number of rotatable bonds is 14. The van der Waals surface area contributed by atoms with Gasteiger partial charge in [0.2, 0.25) is 0 Å². The maximum atomic E-state index is 13.0. The second-order valence-electron chi connectivity index (χ2n) is 32.2. The third kappa shape index (κ3) is 18.7. The Balaban J connectivity index is 0.000000139. The lowest BCUT2D eigenvalue weighted by atomic mass is 9.90. The molecule has 8 aliphatic rings. The number of aromatic nitrogens is 9. The number of hydrogen-bond donors (Lipinski definition) is 0. The summed E-state index contributed by atoms with van der Waals surface area (Å²) in [5.41, 5.74) is 26.5. The minimum Gasteiger partial charge on any atom is -0.446 e. The molecule has 3 aromatic carbocycles. The van der Waals surface area contributed by atoms with Crippen LogP contribution in [0.5, 0.6) is 0 Å². The monoisotopic (exact) mass is 1670 g/mol. The molecule has 4 aliphatic heterocycles. The summed E-state index contributed by atoms with van der Waals surface area (Å²) < 4.78 is 40.7. The van der Waals surface area contributed by atoms with E-state index in [1.165, 1.54) is 6.42 Å². The molecule has 4 saturated heterocycles. The summed E-state index contributed by atoms with van der Waals surface area (Å²) in [4.78, 5) is 81.9. The first-order valence-corrected chi connectivity index (χ1v) is 41.9. The number of pyridine rings is 3. The molecular formula is C89H101Cl3N18O9. The quantitative estimate of drug-likeness (QED) is 0.0424. The van der Waals surface area contributed by atoms with Crippen molar-refractivity contribution in [2.45, 2.75) is 120 Å². The van der Waals surface area contributed by atoms with Crippen LogP contribution in [-0.2, 0) is 49.6 Å². The third-order valence-electron chi connectivity index (χ3n) is 23.5. The molecule has 5 fully saturated rings. The Bertz CT molecular complexity index is 5060. The molecule has 622 valence electrons. The second-order valence-corrected chi connectivity index (χ2v) is 33.5. The zero-order valence-corrected chi connectivity index (χ0v) is 70.7. The topological polar surface area (TPSA) is 267 Å². The van der Waals surface area contributed by atoms with Crippen molar-refractivity contribution in [1.29, 1.82) is 0 Å². The number of nitrogens with zero attached hydrogens (tertiary/aromatic N) is 18. The number of imidazole rings is 3. The van der Waals surface area contributed by atoms with Gasteiger partial charge in [-0.05, 0) is 192 Å². The predicted octanol–water partition coefficient (Wildman–Crippen LogP) is 16.6. The van der Waals surface area contributed by atoms with Crippen LogP contribution in [0.4, 0.5) is 14.4 Å². The highest BCUT2D eigenvalue weighted by atomic mass is 35.5. The Labute approximate surface area is 708 Å². The number of fused-ring (bicyclic) bond motifs is 6. The molecule has 3 unspecified atom stereocenters. The van der Waals surface area contributed by atoms with E-state index < -0.39 is 11.6 Å². The van der Waals surface area contributed by atoms with Crippen LogP contribution < -0.4 is 0 Å². The summed E-state index contributed by atoms with van der Waals surface area (Å²) in [5, 5.41) is 6.11. The average Bonchev–Trinajstić information content (AvgIpc) is 1.64. The Hall–Kier alpha value is -10.3. The highest BCUT2D eigenvalue weighted by molar-refractivity contribution is 6.31. The van der Waals surface area contributed by atoms with Crippen molar-refractivity contribution >= 4 is 88.0 Å². The van der Waals surface area contributed by atoms with Gasteiger partial charge in [0.25, 0.3) is 0 Å². The highest BCUT2D eigenvalue weighted by Gasteiger charge is 2.42. The fourth-order valence-corrected chi connectivity index (χ4v) is 18.1. The van der Waals surface area contributed by atoms with Crippen molar-refractivity contribution in [3.8, 4) is 0 Å². The molecule has 10 heterocycles. The average molecular weight is 1670 g/mol. The maximum absolute atomic E-state index is 13.0. The Kier molecular flexibility index (Phi) is 26.4. The third-order valence-corrected chi connectivity index (χ3v) is 24.2. The van der Waals surface area contributed by atoms with Gasteiger partial charge in [0.1, 0.15) is 36.1 Å². The molecule has 30 heteroatoms. The summed E-state index contributed by atoms with van der Waals surface area (Å²) in [7, 11) is 9.26. The van der Waals surface area contributed by atoms with E-state index in [-0.39, 0.29) is 60.8 Å². The van der Waals surface area contributed by atoms with Gasteiger partial charge in [-0.15, -0.1) is 0 Å². The number of aryl methyl sites for hydroxylation is 3. The molecule has 9 aromatic rings. The molecule has 17 rings (SSSR count). The van der Waals surface area contributed by atoms with E-state index in [0.29, 0.717) is 107 Å². The van der Waals surface area contributed by atoms with E-state index in [2.05, 4.69) is 76.1 Å². The summed E-state index contributed by atoms with van der Waals surface area (Å²) in [6, 6.07) is 29.0. The van der Waals surface area contributed by atoms with E-state index >= 15 is 0 Å². The summed E-state index contributed by atoms with van der Waals surface area (Å²) >= 11 is 19.8. The van der Waals surface area contributed by atoms with Crippen LogP contribution in [0.15, 0.2) is 152 Å². The molecule has 0 N–H and O–H groups in total. The van der Waals surface area contributed by atoms with Crippen molar-refractivity contribution in [3.63, 3.8) is 0 Å². The number of halogens is 3. The van der Waals surface area contributed by atoms with Crippen molar-refractivity contribution in [2.24, 2.45) is 26.3 Å². The SMILES string of the molecule is COC(C1=Cc2cccnc2[C@@H](N2CCN(C(=O)OC3CCCCC3)CC2)c2ccc(Cl)cc21)c1cncn1C.COC(C1=Cc2cccnc2[C@@H](N2CCN(C(=O)OC3CCOCC3)CC2)c2ccc(Cl)cc21)c1cncn1C.Cn1cncc1C(N=[N+]=[N-])C1=Cc2cccnc2[C@@H](N2CCN(C(=O)OC(C)(C)C)CC2)c2ccc(Cl)cc21. The Morgan fingerprint density at radius 1 is 0.487 bits per heavy atom. The molecule has 6 atom stereocenters. The van der Waals surface area contributed by atoms with Crippen LogP contribution in [0.2, 0.25) is 15.1 Å². The smallest absolute Gasteiger partial charge is 0.410 e. The minimum atomic E-state index is -0.629. The molecule has 4 aliphatic carbocycles. The lowest BCUT2D eigenvalue weighted by Gasteiger charge is -2.40. The number of methoxy groups -OCH3 is 2. The normalized spacial score (nSPS) is 19.9. The van der Waals surface area contributed by atoms with Crippen LogP contribution in [0.1, 0.15) is 186 Å². The number of carbonyl (C=O) groups is 3. The van der Waals surface area contributed by atoms with Gasteiger partial charge in [-0.25, -0.2) is 29.3 Å². The standard InChI is InChI=1S/C31H36ClN5O3.C30H34ClN5O4.C28H31ClN8O2/c1-35-20-33-19-27(35)30(39-2)26-17-21-7-6-12-34-28(21)29(24-11-10-22(32)18-25(24)26)36-13-15-37(16-14-36)31(38)40-23-8-4-3-5-9-23;1-34-19-32-18-26(34)29(38-2)25-16-20-4-3-9-33-27(20)28(23-6-5-21(31)17-24(23)25)35-10-12-36(13-11-35)30(37)40-22-7-14-39-15-8-22;1-28(2,3)39-27(38)37-12-10-36(11-13-37)26-20-8-7-19(29)15-21(20)22(14-18-6-5-9-32-24(18)26)25(33-34-30)23-16-31-17-35(23)4/h6-7,10-12,17-20,23,29-30H,3-5,8-9,13-16H2,1-2H3;3-6,9,16-19,22,28-29H,7-8,10-15H2,1-2H3;5-9,14-17,25-26H,10-13H2,1-4H3/t29-,30?;28-,29?;25?,26-/m000/s1. The number of piperazine rings is 3. The molecule has 3 amide bonds. The van der Waals surface area contributed by atoms with E-state index in [9.17, 15) is 19.9 Å². The van der Waals surface area contributed by atoms with Crippen LogP contribution in [0, 0.1) is 0 Å². The van der Waals surface area contributed by atoms with Gasteiger partial charge in [0, 0.05) is 172 Å². The number of amides is 3. The van der Waals surface area contributed by atoms with Crippen molar-refractivity contribution in [2.75, 3.05) is 106 Å². The first-order valence-electron chi connectivity index (χ1n) is 40.8. The molecular weight excluding hydrogens is 1570 g/mol. The second kappa shape index (κ2) is 37.6. The molecule has 1 saturated carbocycles. The van der Waals surface area contributed by atoms with Gasteiger partial charge in [0.15, 0.2) is 0 Å². The number of azide groups is 1. The van der Waals surface area contributed by atoms with Crippen LogP contribution in [-0.4, -0.2) is 215 Å². The lowest BCUT2D eigenvalue weighted by Crippen LogP contribution is -2.51. The zero-order valence-electron chi connectivity index (χ0n) is 68.4. The Morgan fingerprint density at radius 3 is 1.21 bits per heavy atom. The van der Waals surface area contributed by atoms with E-state index in [4.69, 9.17) is 78.2 Å². The molecule has 0 radical (unpaired) electrons. The van der Waals surface area contributed by atoms with Crippen LogP contribution in [0.25, 0.3) is 45.4 Å². The van der Waals surface area contributed by atoms with Crippen LogP contribution in [0.3, 0.4) is 0 Å². The van der Waals surface area contributed by atoms with Crippen molar-refractivity contribution < 1.29 is 42.8 Å². The summed E-state index contributed by atoms with van der Waals surface area (Å²) in [6.45, 7) is 14.5. The number of ether oxygens (including phenoxy) is 6. The molecule has 0 spiro atoms. The van der Waals surface area contributed by atoms with E-state index in [0.717, 1.165) is 139 Å². The zero-order chi connectivity index (χ0) is 83.0. The van der Waals surface area contributed by atoms with Crippen LogP contribution >= 0.6 is 34.8 Å². The van der Waals surface area contributed by atoms with Crippen molar-refractivity contribution in [1.82, 2.24) is 73.0 Å². The van der Waals surface area contributed by atoms with Gasteiger partial charge < -0.3 is 56.8 Å². The number of benzene rings is 3.